The molecule has 0 heterocycles. The molecule has 0 aromatic heterocycles. The zero-order valence-electron chi connectivity index (χ0n) is 7.90. The van der Waals surface area contributed by atoms with Crippen LogP contribution in [0.4, 0.5) is 35.4 Å². The highest BCUT2D eigenvalue weighted by atomic mass is 19.3. The number of hydrogen-bond acceptors (Lipinski definition) is 3. The maximum Gasteiger partial charge on any atom is 0.707 e. The summed E-state index contributed by atoms with van der Waals surface area (Å²) in [4.78, 5) is 4.78. The number of halogens is 8. The summed E-state index contributed by atoms with van der Waals surface area (Å²) in [5, 5.41) is 0. The molecule has 1 rings (SSSR count). The van der Waals surface area contributed by atoms with Gasteiger partial charge in [-0.15, -0.1) is 0 Å². The molecule has 0 aromatic carbocycles. The highest BCUT2D eigenvalue weighted by Crippen LogP contribution is 2.45. The number of hydrogen-bond donors (Lipinski definition) is 0. The molecule has 0 aliphatic heterocycles. The summed E-state index contributed by atoms with van der Waals surface area (Å²) in [6, 6.07) is 0. The third-order valence-corrected chi connectivity index (χ3v) is 1.86. The van der Waals surface area contributed by atoms with Gasteiger partial charge in [0.2, 0.25) is 12.0 Å². The van der Waals surface area contributed by atoms with Crippen molar-refractivity contribution >= 4 is 7.32 Å². The Morgan fingerprint density at radius 3 is 1.94 bits per heavy atom. The highest BCUT2D eigenvalue weighted by Gasteiger charge is 2.58. The lowest BCUT2D eigenvalue weighted by Gasteiger charge is -2.29. The summed E-state index contributed by atoms with van der Waals surface area (Å²) in [6.45, 7) is 0. The van der Waals surface area contributed by atoms with Crippen molar-refractivity contribution in [1.29, 1.82) is 0 Å². The van der Waals surface area contributed by atoms with Gasteiger partial charge in [0.25, 0.3) is 5.85 Å². The minimum atomic E-state index is -4.69. The van der Waals surface area contributed by atoms with Crippen molar-refractivity contribution in [3.8, 4) is 0 Å². The third kappa shape index (κ3) is 2.22. The Labute approximate surface area is 93.6 Å². The average molecular weight is 284 g/mol. The quantitative estimate of drug-likeness (QED) is 0.586. The zero-order valence-corrected chi connectivity index (χ0v) is 7.90. The second kappa shape index (κ2) is 5.24. The molecular weight excluding hydrogens is 283 g/mol. The van der Waals surface area contributed by atoms with E-state index in [0.29, 0.717) is 0 Å². The van der Waals surface area contributed by atoms with E-state index in [9.17, 15) is 35.4 Å². The van der Waals surface area contributed by atoms with Crippen LogP contribution >= 0.6 is 0 Å². The van der Waals surface area contributed by atoms with E-state index < -0.39 is 42.7 Å². The van der Waals surface area contributed by atoms with Crippen LogP contribution in [-0.4, -0.2) is 19.3 Å². The molecule has 0 saturated heterocycles. The molecule has 12 heteroatoms. The summed E-state index contributed by atoms with van der Waals surface area (Å²) in [5.41, 5.74) is 0. The standard InChI is InChI=1S/C6HBF8O3/c8-1-2(9)4(11)6(13,5(12)3(1)10)16-7(17-14)18-15/h4H. The van der Waals surface area contributed by atoms with Gasteiger partial charge in [-0.05, 0) is 0 Å². The van der Waals surface area contributed by atoms with Crippen molar-refractivity contribution in [1.82, 2.24) is 0 Å². The maximum absolute atomic E-state index is 13.5. The fraction of sp³-hybridized carbons (Fsp3) is 0.333. The first-order valence-electron chi connectivity index (χ1n) is 3.96. The number of alkyl halides is 2. The largest absolute Gasteiger partial charge is 0.707 e. The molecule has 0 bridgehead atoms. The summed E-state index contributed by atoms with van der Waals surface area (Å²) >= 11 is 0. The van der Waals surface area contributed by atoms with E-state index in [1.54, 1.807) is 0 Å². The predicted molar refractivity (Wildman–Crippen MR) is 38.4 cm³/mol. The molecule has 0 amide bonds. The summed E-state index contributed by atoms with van der Waals surface area (Å²) in [7, 11) is -3.28. The molecule has 2 atom stereocenters. The van der Waals surface area contributed by atoms with Crippen LogP contribution in [0.2, 0.25) is 0 Å². The molecule has 0 saturated carbocycles. The fourth-order valence-corrected chi connectivity index (χ4v) is 1.04. The number of rotatable bonds is 4. The highest BCUT2D eigenvalue weighted by molar-refractivity contribution is 6.35. The third-order valence-electron chi connectivity index (χ3n) is 1.86. The van der Waals surface area contributed by atoms with Crippen molar-refractivity contribution < 1.29 is 49.8 Å². The topological polar surface area (TPSA) is 27.7 Å². The lowest BCUT2D eigenvalue weighted by molar-refractivity contribution is -0.198. The summed E-state index contributed by atoms with van der Waals surface area (Å²) in [6.07, 6.45) is -3.86. The smallest absolute Gasteiger partial charge is 0.342 e. The van der Waals surface area contributed by atoms with Crippen LogP contribution in [0.1, 0.15) is 0 Å². The molecule has 0 spiro atoms. The van der Waals surface area contributed by atoms with Crippen LogP contribution in [-0.2, 0) is 14.4 Å². The van der Waals surface area contributed by atoms with Gasteiger partial charge >= 0.3 is 7.32 Å². The molecule has 0 N–H and O–H groups in total. The Morgan fingerprint density at radius 2 is 1.50 bits per heavy atom. The Morgan fingerprint density at radius 1 is 1.00 bits per heavy atom. The van der Waals surface area contributed by atoms with Gasteiger partial charge in [0.1, 0.15) is 0 Å². The Bertz CT molecular complexity index is 396. The van der Waals surface area contributed by atoms with Crippen molar-refractivity contribution in [2.75, 3.05) is 0 Å². The first kappa shape index (κ1) is 14.9. The summed E-state index contributed by atoms with van der Waals surface area (Å²) in [5.74, 6) is -15.7. The Hall–Kier alpha value is -1.14. The lowest BCUT2D eigenvalue weighted by atomic mass is 10.0. The molecule has 3 nitrogen and oxygen atoms in total. The van der Waals surface area contributed by atoms with Gasteiger partial charge < -0.3 is 4.65 Å². The van der Waals surface area contributed by atoms with Crippen LogP contribution < -0.4 is 0 Å². The van der Waals surface area contributed by atoms with Crippen molar-refractivity contribution in [3.05, 3.63) is 23.3 Å². The molecule has 0 radical (unpaired) electrons. The van der Waals surface area contributed by atoms with Crippen LogP contribution in [0.25, 0.3) is 0 Å². The van der Waals surface area contributed by atoms with Gasteiger partial charge in [-0.1, -0.05) is 9.05 Å². The maximum atomic E-state index is 13.5. The molecular formula is C6HBF8O3. The van der Waals surface area contributed by atoms with E-state index in [2.05, 4.69) is 14.4 Å². The minimum absolute atomic E-state index is 2.39. The predicted octanol–water partition coefficient (Wildman–Crippen LogP) is 3.11. The van der Waals surface area contributed by atoms with Crippen LogP contribution in [0.5, 0.6) is 0 Å². The lowest BCUT2D eigenvalue weighted by Crippen LogP contribution is -2.47. The van der Waals surface area contributed by atoms with Gasteiger partial charge in [-0.2, -0.15) is 9.72 Å². The SMILES string of the molecule is FOB(OF)OC1(F)C(F)=C(F)C(F)=C(F)C1F. The first-order chi connectivity index (χ1) is 8.29. The molecule has 1 aliphatic rings. The van der Waals surface area contributed by atoms with E-state index in [1.807, 2.05) is 0 Å². The van der Waals surface area contributed by atoms with E-state index in [1.165, 1.54) is 0 Å². The molecule has 102 valence electrons. The molecule has 18 heavy (non-hydrogen) atoms. The van der Waals surface area contributed by atoms with Crippen LogP contribution in [0.3, 0.4) is 0 Å². The molecule has 1 aliphatic carbocycles. The number of allylic oxidation sites excluding steroid dienone is 2. The second-order valence-electron chi connectivity index (χ2n) is 2.88. The van der Waals surface area contributed by atoms with Crippen molar-refractivity contribution in [3.63, 3.8) is 0 Å². The normalized spacial score (nSPS) is 29.0. The average Bonchev–Trinajstić information content (AvgIpc) is 2.38. The van der Waals surface area contributed by atoms with Crippen LogP contribution in [0.15, 0.2) is 23.3 Å². The van der Waals surface area contributed by atoms with E-state index >= 15 is 0 Å². The monoisotopic (exact) mass is 284 g/mol. The Balaban J connectivity index is 3.16. The molecule has 0 fully saturated rings. The van der Waals surface area contributed by atoms with E-state index in [-0.39, 0.29) is 0 Å². The Kier molecular flexibility index (Phi) is 4.34. The van der Waals surface area contributed by atoms with Gasteiger partial charge in [0.05, 0.1) is 0 Å². The van der Waals surface area contributed by atoms with E-state index in [4.69, 9.17) is 0 Å². The fourth-order valence-electron chi connectivity index (χ4n) is 1.04. The van der Waals surface area contributed by atoms with Crippen molar-refractivity contribution in [2.45, 2.75) is 12.0 Å². The van der Waals surface area contributed by atoms with Crippen molar-refractivity contribution in [2.24, 2.45) is 0 Å². The molecule has 0 aromatic rings. The minimum Gasteiger partial charge on any atom is -0.342 e. The van der Waals surface area contributed by atoms with Gasteiger partial charge in [0, 0.05) is 0 Å². The van der Waals surface area contributed by atoms with E-state index in [0.717, 1.165) is 0 Å². The van der Waals surface area contributed by atoms with Gasteiger partial charge in [-0.25, -0.2) is 26.3 Å². The molecule has 2 unspecified atom stereocenters. The van der Waals surface area contributed by atoms with Gasteiger partial charge in [-0.3, -0.25) is 0 Å². The van der Waals surface area contributed by atoms with Crippen LogP contribution in [0, 0.1) is 0 Å². The second-order valence-corrected chi connectivity index (χ2v) is 2.88. The zero-order chi connectivity index (χ0) is 14.1. The summed E-state index contributed by atoms with van der Waals surface area (Å²) < 4.78 is 103. The first-order valence-corrected chi connectivity index (χ1v) is 3.96. The van der Waals surface area contributed by atoms with Gasteiger partial charge in [0.15, 0.2) is 17.5 Å².